The second-order valence-electron chi connectivity index (χ2n) is 4.97. The van der Waals surface area contributed by atoms with Gasteiger partial charge in [0.1, 0.15) is 23.2 Å². The van der Waals surface area contributed by atoms with Crippen molar-refractivity contribution in [3.63, 3.8) is 0 Å². The molecule has 6 nitrogen and oxygen atoms in total. The highest BCUT2D eigenvalue weighted by molar-refractivity contribution is 5.99. The molecule has 122 valence electrons. The number of methoxy groups -OCH3 is 2. The van der Waals surface area contributed by atoms with E-state index in [2.05, 4.69) is 5.32 Å². The van der Waals surface area contributed by atoms with E-state index >= 15 is 0 Å². The number of amides is 1. The maximum atomic E-state index is 12.7. The number of hydrogen-bond acceptors (Lipinski definition) is 5. The van der Waals surface area contributed by atoms with Crippen LogP contribution in [-0.2, 0) is 9.47 Å². The van der Waals surface area contributed by atoms with Crippen molar-refractivity contribution >= 4 is 5.91 Å². The number of carbonyl (C=O) groups is 1. The SMILES string of the molecule is CCO[C@@H]1COCC[C@H]1NC(=O)c1c(OC)cccc1OC. The first-order valence-corrected chi connectivity index (χ1v) is 7.42. The van der Waals surface area contributed by atoms with Crippen LogP contribution in [0.1, 0.15) is 23.7 Å². The molecule has 2 rings (SSSR count). The number of benzene rings is 1. The fourth-order valence-electron chi connectivity index (χ4n) is 2.57. The molecule has 2 atom stereocenters. The topological polar surface area (TPSA) is 66.0 Å². The molecule has 0 aliphatic carbocycles. The van der Waals surface area contributed by atoms with Crippen LogP contribution in [-0.4, -0.2) is 52.1 Å². The molecule has 1 heterocycles. The van der Waals surface area contributed by atoms with Crippen molar-refractivity contribution in [1.29, 1.82) is 0 Å². The lowest BCUT2D eigenvalue weighted by molar-refractivity contribution is -0.0632. The fraction of sp³-hybridized carbons (Fsp3) is 0.562. The summed E-state index contributed by atoms with van der Waals surface area (Å²) in [4.78, 5) is 12.7. The van der Waals surface area contributed by atoms with Crippen LogP contribution >= 0.6 is 0 Å². The summed E-state index contributed by atoms with van der Waals surface area (Å²) >= 11 is 0. The normalized spacial score (nSPS) is 21.2. The molecule has 0 bridgehead atoms. The summed E-state index contributed by atoms with van der Waals surface area (Å²) < 4.78 is 21.6. The standard InChI is InChI=1S/C16H23NO5/c1-4-22-14-10-21-9-8-11(14)17-16(18)15-12(19-2)6-5-7-13(15)20-3/h5-7,11,14H,4,8-10H2,1-3H3,(H,17,18)/t11-,14-/m1/s1. The van der Waals surface area contributed by atoms with Crippen molar-refractivity contribution in [2.24, 2.45) is 0 Å². The van der Waals surface area contributed by atoms with Crippen molar-refractivity contribution in [3.05, 3.63) is 23.8 Å². The van der Waals surface area contributed by atoms with E-state index in [1.807, 2.05) is 6.92 Å². The number of nitrogens with one attached hydrogen (secondary N) is 1. The van der Waals surface area contributed by atoms with Gasteiger partial charge in [-0.2, -0.15) is 0 Å². The summed E-state index contributed by atoms with van der Waals surface area (Å²) in [7, 11) is 3.06. The minimum atomic E-state index is -0.231. The highest BCUT2D eigenvalue weighted by atomic mass is 16.5. The van der Waals surface area contributed by atoms with Gasteiger partial charge in [-0.05, 0) is 25.5 Å². The summed E-state index contributed by atoms with van der Waals surface area (Å²) in [5, 5.41) is 3.02. The summed E-state index contributed by atoms with van der Waals surface area (Å²) in [6.07, 6.45) is 0.580. The van der Waals surface area contributed by atoms with Crippen LogP contribution in [0.2, 0.25) is 0 Å². The summed E-state index contributed by atoms with van der Waals surface area (Å²) in [5.41, 5.74) is 0.397. The molecule has 22 heavy (non-hydrogen) atoms. The highest BCUT2D eigenvalue weighted by Crippen LogP contribution is 2.28. The molecule has 0 unspecified atom stereocenters. The first-order chi connectivity index (χ1) is 10.7. The van der Waals surface area contributed by atoms with Crippen molar-refractivity contribution < 1.29 is 23.7 Å². The summed E-state index contributed by atoms with van der Waals surface area (Å²) in [6, 6.07) is 5.17. The molecular formula is C16H23NO5. The molecule has 1 N–H and O–H groups in total. The van der Waals surface area contributed by atoms with Crippen LogP contribution < -0.4 is 14.8 Å². The molecule has 0 aromatic heterocycles. The van der Waals surface area contributed by atoms with Gasteiger partial charge in [-0.15, -0.1) is 0 Å². The minimum absolute atomic E-state index is 0.0872. The molecule has 1 aliphatic heterocycles. The lowest BCUT2D eigenvalue weighted by atomic mass is 10.0. The van der Waals surface area contributed by atoms with Gasteiger partial charge in [-0.1, -0.05) is 6.07 Å². The van der Waals surface area contributed by atoms with Gasteiger partial charge in [0.2, 0.25) is 0 Å². The molecule has 1 aromatic rings. The third-order valence-electron chi connectivity index (χ3n) is 3.66. The second kappa shape index (κ2) is 8.00. The van der Waals surface area contributed by atoms with E-state index in [4.69, 9.17) is 18.9 Å². The molecule has 0 spiro atoms. The quantitative estimate of drug-likeness (QED) is 0.865. The Morgan fingerprint density at radius 3 is 2.59 bits per heavy atom. The predicted molar refractivity (Wildman–Crippen MR) is 81.7 cm³/mol. The van der Waals surface area contributed by atoms with Gasteiger partial charge in [0, 0.05) is 13.2 Å². The average Bonchev–Trinajstić information content (AvgIpc) is 2.55. The van der Waals surface area contributed by atoms with E-state index in [9.17, 15) is 4.79 Å². The maximum absolute atomic E-state index is 12.7. The molecule has 1 aromatic carbocycles. The van der Waals surface area contributed by atoms with E-state index in [0.29, 0.717) is 43.3 Å². The molecule has 6 heteroatoms. The lowest BCUT2D eigenvalue weighted by Crippen LogP contribution is -2.50. The van der Waals surface area contributed by atoms with E-state index < -0.39 is 0 Å². The Hall–Kier alpha value is -1.79. The van der Waals surface area contributed by atoms with Crippen molar-refractivity contribution in [3.8, 4) is 11.5 Å². The van der Waals surface area contributed by atoms with Crippen LogP contribution in [0.3, 0.4) is 0 Å². The molecule has 1 fully saturated rings. The van der Waals surface area contributed by atoms with E-state index in [1.165, 1.54) is 14.2 Å². The smallest absolute Gasteiger partial charge is 0.259 e. The van der Waals surface area contributed by atoms with Crippen LogP contribution in [0.4, 0.5) is 0 Å². The zero-order valence-corrected chi connectivity index (χ0v) is 13.3. The van der Waals surface area contributed by atoms with Gasteiger partial charge in [0.25, 0.3) is 5.91 Å². The molecule has 1 aliphatic rings. The first kappa shape index (κ1) is 16.6. The number of carbonyl (C=O) groups excluding carboxylic acids is 1. The molecule has 1 amide bonds. The molecule has 0 saturated carbocycles. The van der Waals surface area contributed by atoms with Gasteiger partial charge in [-0.3, -0.25) is 4.79 Å². The Morgan fingerprint density at radius 1 is 1.32 bits per heavy atom. The first-order valence-electron chi connectivity index (χ1n) is 7.42. The molecule has 1 saturated heterocycles. The Morgan fingerprint density at radius 2 is 2.00 bits per heavy atom. The van der Waals surface area contributed by atoms with Crippen LogP contribution in [0.5, 0.6) is 11.5 Å². The maximum Gasteiger partial charge on any atom is 0.259 e. The largest absolute Gasteiger partial charge is 0.496 e. The fourth-order valence-corrected chi connectivity index (χ4v) is 2.57. The molecular weight excluding hydrogens is 286 g/mol. The number of hydrogen-bond donors (Lipinski definition) is 1. The van der Waals surface area contributed by atoms with Gasteiger partial charge >= 0.3 is 0 Å². The van der Waals surface area contributed by atoms with Crippen LogP contribution in [0, 0.1) is 0 Å². The molecule has 0 radical (unpaired) electrons. The monoisotopic (exact) mass is 309 g/mol. The minimum Gasteiger partial charge on any atom is -0.496 e. The zero-order chi connectivity index (χ0) is 15.9. The summed E-state index contributed by atoms with van der Waals surface area (Å²) in [6.45, 7) is 3.61. The zero-order valence-electron chi connectivity index (χ0n) is 13.3. The Balaban J connectivity index is 2.17. The average molecular weight is 309 g/mol. The van der Waals surface area contributed by atoms with Crippen molar-refractivity contribution in [2.45, 2.75) is 25.5 Å². The Bertz CT molecular complexity index is 481. The Kier molecular flexibility index (Phi) is 6.03. The summed E-state index contributed by atoms with van der Waals surface area (Å²) in [5.74, 6) is 0.736. The van der Waals surface area contributed by atoms with Crippen LogP contribution in [0.25, 0.3) is 0 Å². The lowest BCUT2D eigenvalue weighted by Gasteiger charge is -2.32. The third kappa shape index (κ3) is 3.69. The van der Waals surface area contributed by atoms with Gasteiger partial charge in [-0.25, -0.2) is 0 Å². The predicted octanol–water partition coefficient (Wildman–Crippen LogP) is 1.63. The van der Waals surface area contributed by atoms with Gasteiger partial charge in [0.05, 0.1) is 26.9 Å². The van der Waals surface area contributed by atoms with E-state index in [1.54, 1.807) is 18.2 Å². The van der Waals surface area contributed by atoms with Crippen LogP contribution in [0.15, 0.2) is 18.2 Å². The van der Waals surface area contributed by atoms with E-state index in [-0.39, 0.29) is 18.1 Å². The number of rotatable bonds is 6. The third-order valence-corrected chi connectivity index (χ3v) is 3.66. The highest BCUT2D eigenvalue weighted by Gasteiger charge is 2.29. The second-order valence-corrected chi connectivity index (χ2v) is 4.97. The van der Waals surface area contributed by atoms with E-state index in [0.717, 1.165) is 0 Å². The van der Waals surface area contributed by atoms with Gasteiger partial charge < -0.3 is 24.3 Å². The van der Waals surface area contributed by atoms with Gasteiger partial charge in [0.15, 0.2) is 0 Å². The van der Waals surface area contributed by atoms with Crippen molar-refractivity contribution in [1.82, 2.24) is 5.32 Å². The Labute approximate surface area is 130 Å². The van der Waals surface area contributed by atoms with Crippen molar-refractivity contribution in [2.75, 3.05) is 34.0 Å². The number of ether oxygens (including phenoxy) is 4.